The Kier molecular flexibility index (Phi) is 22.5. The van der Waals surface area contributed by atoms with E-state index < -0.39 is 42.2 Å². The summed E-state index contributed by atoms with van der Waals surface area (Å²) in [6.07, 6.45) is 1.53. The first-order valence-electron chi connectivity index (χ1n) is 21.8. The molecule has 0 saturated carbocycles. The second-order valence-electron chi connectivity index (χ2n) is 17.2. The number of nitrogens with zero attached hydrogens (tertiary/aromatic N) is 2. The van der Waals surface area contributed by atoms with Gasteiger partial charge < -0.3 is 34.6 Å². The van der Waals surface area contributed by atoms with E-state index in [1.54, 1.807) is 45.0 Å². The maximum absolute atomic E-state index is 14.3. The molecule has 3 amide bonds. The number of carbonyl (C=O) groups excluding carboxylic acids is 6. The highest BCUT2D eigenvalue weighted by Gasteiger charge is 2.43. The third-order valence-electron chi connectivity index (χ3n) is 12.4. The number of hydrogen-bond acceptors (Lipinski definition) is 10. The van der Waals surface area contributed by atoms with Crippen LogP contribution in [0.1, 0.15) is 112 Å². The van der Waals surface area contributed by atoms with Crippen molar-refractivity contribution in [3.05, 3.63) is 35.9 Å². The summed E-state index contributed by atoms with van der Waals surface area (Å²) in [6.45, 7) is 16.5. The normalized spacial score (nSPS) is 18.9. The molecule has 10 atom stereocenters. The van der Waals surface area contributed by atoms with Gasteiger partial charge in [0.05, 0.1) is 36.8 Å². The first-order valence-corrected chi connectivity index (χ1v) is 21.8. The minimum atomic E-state index is -0.795. The number of hydrogen-bond donors (Lipinski definition) is 2. The van der Waals surface area contributed by atoms with E-state index >= 15 is 0 Å². The maximum atomic E-state index is 14.3. The molecule has 0 aliphatic carbocycles. The van der Waals surface area contributed by atoms with Crippen molar-refractivity contribution in [1.29, 1.82) is 0 Å². The highest BCUT2D eigenvalue weighted by Crippen LogP contribution is 2.32. The van der Waals surface area contributed by atoms with Gasteiger partial charge in [0.1, 0.15) is 5.78 Å². The van der Waals surface area contributed by atoms with E-state index in [4.69, 9.17) is 14.2 Å². The summed E-state index contributed by atoms with van der Waals surface area (Å²) in [5.41, 5.74) is 0.893. The molecule has 2 rings (SSSR count). The molecule has 0 spiro atoms. The Labute approximate surface area is 354 Å². The SMILES string of the molecule is CCCC(NC(=O)[C@@H](CC(=O)[C@H](C)[C@@H](OC)[C@@H]1CCCN1C(=O)C[C@@H](OC)[C@H]([C@@H](C)CC)N(C)C(=O)[C@@H](CC(=O)[C@@H](NC)C(C)C)C(C)C)Cc1ccccc1)OC=O. The van der Waals surface area contributed by atoms with Crippen molar-refractivity contribution < 1.29 is 43.0 Å². The van der Waals surface area contributed by atoms with Crippen molar-refractivity contribution in [2.24, 2.45) is 35.5 Å². The van der Waals surface area contributed by atoms with Gasteiger partial charge in [0, 0.05) is 64.8 Å². The zero-order chi connectivity index (χ0) is 44.4. The zero-order valence-corrected chi connectivity index (χ0v) is 38.0. The number of Topliss-reactive ketones (excluding diaryl/α,β-unsaturated/α-hetero) is 2. The Balaban J connectivity index is 2.32. The summed E-state index contributed by atoms with van der Waals surface area (Å²) in [6, 6.07) is 8.27. The first kappa shape index (κ1) is 51.5. The van der Waals surface area contributed by atoms with Gasteiger partial charge in [-0.25, -0.2) is 0 Å². The average Bonchev–Trinajstić information content (AvgIpc) is 3.69. The number of likely N-dealkylation sites (N-methyl/N-ethyl adjacent to an activating group) is 2. The Morgan fingerprint density at radius 2 is 1.58 bits per heavy atom. The Bertz CT molecular complexity index is 1470. The summed E-state index contributed by atoms with van der Waals surface area (Å²) in [4.78, 5) is 84.4. The molecule has 1 aromatic carbocycles. The van der Waals surface area contributed by atoms with Gasteiger partial charge in [-0.3, -0.25) is 28.8 Å². The summed E-state index contributed by atoms with van der Waals surface area (Å²) < 4.78 is 17.2. The molecule has 1 heterocycles. The molecular weight excluding hydrogens is 753 g/mol. The van der Waals surface area contributed by atoms with Gasteiger partial charge >= 0.3 is 0 Å². The lowest BCUT2D eigenvalue weighted by atomic mass is 9.84. The smallest absolute Gasteiger partial charge is 0.295 e. The van der Waals surface area contributed by atoms with Crippen LogP contribution in [-0.2, 0) is 49.4 Å². The van der Waals surface area contributed by atoms with Crippen LogP contribution in [0.2, 0.25) is 0 Å². The number of likely N-dealkylation sites (tertiary alicyclic amines) is 1. The highest BCUT2D eigenvalue weighted by molar-refractivity contribution is 5.90. The van der Waals surface area contributed by atoms with Crippen molar-refractivity contribution in [3.8, 4) is 0 Å². The van der Waals surface area contributed by atoms with Crippen molar-refractivity contribution in [1.82, 2.24) is 20.4 Å². The average molecular weight is 829 g/mol. The van der Waals surface area contributed by atoms with Gasteiger partial charge in [-0.15, -0.1) is 0 Å². The first-order chi connectivity index (χ1) is 28.0. The van der Waals surface area contributed by atoms with Crippen LogP contribution in [0.4, 0.5) is 0 Å². The van der Waals surface area contributed by atoms with Crippen LogP contribution in [0.15, 0.2) is 30.3 Å². The molecule has 1 aliphatic rings. The fourth-order valence-electron chi connectivity index (χ4n) is 8.78. The van der Waals surface area contributed by atoms with Crippen molar-refractivity contribution in [2.45, 2.75) is 150 Å². The lowest BCUT2D eigenvalue weighted by molar-refractivity contribution is -0.149. The number of ketones is 2. The standard InChI is InChI=1S/C46H76N4O9/c1-13-19-40(59-28-51)48-45(55)34(24-33-20-16-15-17-21-33)25-37(52)32(8)44(58-12)36-22-18-23-50(36)41(54)27-39(57-11)43(31(7)14-2)49(10)46(56)35(29(3)4)26-38(53)42(47-9)30(5)6/h15-17,20-21,28-32,34-36,39-40,42-44,47H,13-14,18-19,22-27H2,1-12H3,(H,48,55)/t31-,32-,34+,35-,36-,39+,40?,42-,43-,44+/m0/s1. The summed E-state index contributed by atoms with van der Waals surface area (Å²) >= 11 is 0. The fourth-order valence-corrected chi connectivity index (χ4v) is 8.78. The van der Waals surface area contributed by atoms with Crippen LogP contribution >= 0.6 is 0 Å². The molecule has 13 heteroatoms. The third kappa shape index (κ3) is 14.8. The van der Waals surface area contributed by atoms with Gasteiger partial charge in [0.25, 0.3) is 6.47 Å². The predicted octanol–water partition coefficient (Wildman–Crippen LogP) is 5.62. The van der Waals surface area contributed by atoms with Crippen LogP contribution in [-0.4, -0.2) is 117 Å². The Morgan fingerprint density at radius 1 is 0.915 bits per heavy atom. The van der Waals surface area contributed by atoms with Gasteiger partial charge in [0.15, 0.2) is 12.0 Å². The zero-order valence-electron chi connectivity index (χ0n) is 38.0. The fraction of sp³-hybridized carbons (Fsp3) is 0.739. The van der Waals surface area contributed by atoms with E-state index in [0.717, 1.165) is 18.4 Å². The molecular formula is C46H76N4O9. The van der Waals surface area contributed by atoms with Gasteiger partial charge in [0.2, 0.25) is 17.7 Å². The van der Waals surface area contributed by atoms with Gasteiger partial charge in [-0.05, 0) is 49.6 Å². The van der Waals surface area contributed by atoms with Crippen LogP contribution in [0.3, 0.4) is 0 Å². The molecule has 334 valence electrons. The van der Waals surface area contributed by atoms with Crippen LogP contribution < -0.4 is 10.6 Å². The summed E-state index contributed by atoms with van der Waals surface area (Å²) in [7, 11) is 6.63. The van der Waals surface area contributed by atoms with Crippen LogP contribution in [0.5, 0.6) is 0 Å². The van der Waals surface area contributed by atoms with Crippen LogP contribution in [0, 0.1) is 35.5 Å². The molecule has 59 heavy (non-hydrogen) atoms. The number of carbonyl (C=O) groups is 6. The topological polar surface area (TPSA) is 161 Å². The number of methoxy groups -OCH3 is 2. The monoisotopic (exact) mass is 829 g/mol. The number of benzene rings is 1. The van der Waals surface area contributed by atoms with E-state index in [2.05, 4.69) is 10.6 Å². The molecule has 1 unspecified atom stereocenters. The molecule has 1 fully saturated rings. The molecule has 1 saturated heterocycles. The Morgan fingerprint density at radius 3 is 2.10 bits per heavy atom. The van der Waals surface area contributed by atoms with Gasteiger partial charge in [-0.1, -0.05) is 98.6 Å². The molecule has 0 radical (unpaired) electrons. The largest absolute Gasteiger partial charge is 0.444 e. The van der Waals surface area contributed by atoms with Crippen molar-refractivity contribution in [2.75, 3.05) is 34.9 Å². The molecule has 1 aliphatic heterocycles. The predicted molar refractivity (Wildman–Crippen MR) is 229 cm³/mol. The van der Waals surface area contributed by atoms with E-state index in [0.29, 0.717) is 38.7 Å². The second kappa shape index (κ2) is 25.8. The summed E-state index contributed by atoms with van der Waals surface area (Å²) in [5.74, 6) is -2.79. The number of rotatable bonds is 28. The Hall–Kier alpha value is -3.68. The van der Waals surface area contributed by atoms with Crippen molar-refractivity contribution in [3.63, 3.8) is 0 Å². The molecule has 0 aromatic heterocycles. The number of amides is 3. The number of ether oxygens (including phenoxy) is 3. The van der Waals surface area contributed by atoms with E-state index in [9.17, 15) is 28.8 Å². The minimum absolute atomic E-state index is 0.00165. The van der Waals surface area contributed by atoms with Crippen LogP contribution in [0.25, 0.3) is 0 Å². The minimum Gasteiger partial charge on any atom is -0.444 e. The van der Waals surface area contributed by atoms with E-state index in [1.807, 2.05) is 78.8 Å². The van der Waals surface area contributed by atoms with E-state index in [-0.39, 0.29) is 78.4 Å². The third-order valence-corrected chi connectivity index (χ3v) is 12.4. The molecule has 1 aromatic rings. The second-order valence-corrected chi connectivity index (χ2v) is 17.2. The highest BCUT2D eigenvalue weighted by atomic mass is 16.5. The number of nitrogens with one attached hydrogen (secondary N) is 2. The lowest BCUT2D eigenvalue weighted by Gasteiger charge is -2.41. The maximum Gasteiger partial charge on any atom is 0.295 e. The quantitative estimate of drug-likeness (QED) is 0.0803. The molecule has 0 bridgehead atoms. The van der Waals surface area contributed by atoms with E-state index in [1.165, 1.54) is 0 Å². The van der Waals surface area contributed by atoms with Gasteiger partial charge in [-0.2, -0.15) is 0 Å². The van der Waals surface area contributed by atoms with Crippen molar-refractivity contribution >= 4 is 35.8 Å². The molecule has 2 N–H and O–H groups in total. The molecule has 13 nitrogen and oxygen atoms in total. The summed E-state index contributed by atoms with van der Waals surface area (Å²) in [5, 5.41) is 5.92. The lowest BCUT2D eigenvalue weighted by Crippen LogP contribution is -2.54.